The summed E-state index contributed by atoms with van der Waals surface area (Å²) in [5.74, 6) is 0.517. The van der Waals surface area contributed by atoms with Crippen molar-refractivity contribution in [1.82, 2.24) is 14.8 Å². The zero-order valence-electron chi connectivity index (χ0n) is 12.7. The summed E-state index contributed by atoms with van der Waals surface area (Å²) in [6, 6.07) is 11.5. The topological polar surface area (TPSA) is 59.8 Å². The van der Waals surface area contributed by atoms with E-state index in [-0.39, 0.29) is 5.91 Å². The van der Waals surface area contributed by atoms with Gasteiger partial charge in [0.2, 0.25) is 0 Å². The van der Waals surface area contributed by atoms with E-state index in [1.807, 2.05) is 50.2 Å². The van der Waals surface area contributed by atoms with E-state index in [1.165, 1.54) is 0 Å². The van der Waals surface area contributed by atoms with Crippen LogP contribution in [0.4, 0.5) is 5.69 Å². The quantitative estimate of drug-likeness (QED) is 0.660. The van der Waals surface area contributed by atoms with Crippen LogP contribution in [0, 0.1) is 17.4 Å². The molecule has 116 valence electrons. The zero-order valence-corrected chi connectivity index (χ0v) is 14.9. The average Bonchev–Trinajstić information content (AvgIpc) is 2.92. The van der Waals surface area contributed by atoms with Crippen LogP contribution in [0.2, 0.25) is 0 Å². The number of aromatic nitrogens is 3. The monoisotopic (exact) mass is 418 g/mol. The largest absolute Gasteiger partial charge is 0.322 e. The highest BCUT2D eigenvalue weighted by molar-refractivity contribution is 14.1. The maximum absolute atomic E-state index is 12.5. The Kier molecular flexibility index (Phi) is 4.42. The second-order valence-electron chi connectivity index (χ2n) is 5.16. The van der Waals surface area contributed by atoms with Crippen molar-refractivity contribution in [2.75, 3.05) is 5.32 Å². The summed E-state index contributed by atoms with van der Waals surface area (Å²) in [6.45, 7) is 3.83. The minimum absolute atomic E-state index is 0.172. The molecule has 1 N–H and O–H groups in total. The Morgan fingerprint density at radius 1 is 1.22 bits per heavy atom. The molecule has 0 unspecified atom stereocenters. The lowest BCUT2D eigenvalue weighted by Crippen LogP contribution is -2.14. The third-order valence-electron chi connectivity index (χ3n) is 3.56. The molecule has 0 fully saturated rings. The molecule has 0 aliphatic rings. The van der Waals surface area contributed by atoms with Crippen LogP contribution >= 0.6 is 22.6 Å². The molecule has 1 aromatic carbocycles. The van der Waals surface area contributed by atoms with Crippen molar-refractivity contribution in [3.63, 3.8) is 0 Å². The van der Waals surface area contributed by atoms with Crippen molar-refractivity contribution in [2.24, 2.45) is 0 Å². The van der Waals surface area contributed by atoms with Gasteiger partial charge in [-0.2, -0.15) is 5.10 Å². The number of hydrogen-bond donors (Lipinski definition) is 1. The van der Waals surface area contributed by atoms with Crippen molar-refractivity contribution < 1.29 is 4.79 Å². The number of aryl methyl sites for hydroxylation is 1. The van der Waals surface area contributed by atoms with Crippen LogP contribution < -0.4 is 5.32 Å². The Morgan fingerprint density at radius 2 is 2.04 bits per heavy atom. The van der Waals surface area contributed by atoms with E-state index in [4.69, 9.17) is 0 Å². The van der Waals surface area contributed by atoms with Crippen LogP contribution in [0.5, 0.6) is 0 Å². The number of rotatable bonds is 3. The van der Waals surface area contributed by atoms with Gasteiger partial charge in [-0.3, -0.25) is 4.79 Å². The van der Waals surface area contributed by atoms with Crippen LogP contribution in [0.15, 0.2) is 48.8 Å². The number of hydrogen-bond acceptors (Lipinski definition) is 3. The average molecular weight is 418 g/mol. The summed E-state index contributed by atoms with van der Waals surface area (Å²) >= 11 is 2.25. The molecule has 2 heterocycles. The predicted octanol–water partition coefficient (Wildman–Crippen LogP) is 3.74. The SMILES string of the molecule is Cc1cc(I)ccc1NC(=O)c1cnn(-c2ccccn2)c1C. The fourth-order valence-corrected chi connectivity index (χ4v) is 2.95. The summed E-state index contributed by atoms with van der Waals surface area (Å²) in [5.41, 5.74) is 3.12. The number of carbonyl (C=O) groups is 1. The van der Waals surface area contributed by atoms with Gasteiger partial charge in [-0.15, -0.1) is 0 Å². The van der Waals surface area contributed by atoms with Crippen LogP contribution in [0.1, 0.15) is 21.6 Å². The van der Waals surface area contributed by atoms with Crippen LogP contribution in [-0.2, 0) is 0 Å². The van der Waals surface area contributed by atoms with E-state index in [9.17, 15) is 4.79 Å². The van der Waals surface area contributed by atoms with Crippen molar-refractivity contribution in [2.45, 2.75) is 13.8 Å². The Balaban J connectivity index is 1.88. The van der Waals surface area contributed by atoms with Crippen LogP contribution in [0.25, 0.3) is 5.82 Å². The number of carbonyl (C=O) groups excluding carboxylic acids is 1. The van der Waals surface area contributed by atoms with E-state index >= 15 is 0 Å². The normalized spacial score (nSPS) is 10.6. The second-order valence-corrected chi connectivity index (χ2v) is 6.40. The zero-order chi connectivity index (χ0) is 16.4. The standard InChI is InChI=1S/C17H15IN4O/c1-11-9-13(18)6-7-15(11)21-17(23)14-10-20-22(12(14)2)16-5-3-4-8-19-16/h3-10H,1-2H3,(H,21,23). The van der Waals surface area contributed by atoms with Crippen LogP contribution in [-0.4, -0.2) is 20.7 Å². The molecule has 3 aromatic rings. The summed E-state index contributed by atoms with van der Waals surface area (Å²) in [7, 11) is 0. The van der Waals surface area contributed by atoms with Gasteiger partial charge < -0.3 is 5.32 Å². The molecule has 0 saturated heterocycles. The van der Waals surface area contributed by atoms with Gasteiger partial charge in [0.15, 0.2) is 5.82 Å². The fraction of sp³-hybridized carbons (Fsp3) is 0.118. The molecule has 0 radical (unpaired) electrons. The molecular weight excluding hydrogens is 403 g/mol. The van der Waals surface area contributed by atoms with Gasteiger partial charge in [0, 0.05) is 15.5 Å². The van der Waals surface area contributed by atoms with Crippen molar-refractivity contribution >= 4 is 34.2 Å². The number of halogens is 1. The minimum Gasteiger partial charge on any atom is -0.322 e. The Bertz CT molecular complexity index is 858. The van der Waals surface area contributed by atoms with Gasteiger partial charge in [0.25, 0.3) is 5.91 Å². The summed E-state index contributed by atoms with van der Waals surface area (Å²) in [6.07, 6.45) is 3.27. The number of pyridine rings is 1. The lowest BCUT2D eigenvalue weighted by molar-refractivity contribution is 0.102. The number of amides is 1. The number of nitrogens with zero attached hydrogens (tertiary/aromatic N) is 3. The maximum atomic E-state index is 12.5. The number of nitrogens with one attached hydrogen (secondary N) is 1. The number of benzene rings is 1. The van der Waals surface area contributed by atoms with Gasteiger partial charge in [0.05, 0.1) is 17.5 Å². The Hall–Kier alpha value is -2.22. The third kappa shape index (κ3) is 3.26. The molecule has 0 saturated carbocycles. The van der Waals surface area contributed by atoms with Gasteiger partial charge in [-0.05, 0) is 72.3 Å². The van der Waals surface area contributed by atoms with Gasteiger partial charge >= 0.3 is 0 Å². The van der Waals surface area contributed by atoms with Crippen LogP contribution in [0.3, 0.4) is 0 Å². The Labute approximate surface area is 147 Å². The third-order valence-corrected chi connectivity index (χ3v) is 4.23. The second kappa shape index (κ2) is 6.49. The lowest BCUT2D eigenvalue weighted by atomic mass is 10.2. The summed E-state index contributed by atoms with van der Waals surface area (Å²) < 4.78 is 2.80. The van der Waals surface area contributed by atoms with Crippen molar-refractivity contribution in [3.8, 4) is 5.82 Å². The van der Waals surface area contributed by atoms with E-state index in [0.29, 0.717) is 11.4 Å². The highest BCUT2D eigenvalue weighted by Gasteiger charge is 2.16. The highest BCUT2D eigenvalue weighted by atomic mass is 127. The van der Waals surface area contributed by atoms with E-state index < -0.39 is 0 Å². The Morgan fingerprint density at radius 3 is 2.74 bits per heavy atom. The van der Waals surface area contributed by atoms with E-state index in [1.54, 1.807) is 17.1 Å². The molecule has 1 amide bonds. The predicted molar refractivity (Wildman–Crippen MR) is 97.9 cm³/mol. The molecule has 2 aromatic heterocycles. The molecule has 6 heteroatoms. The fourth-order valence-electron chi connectivity index (χ4n) is 2.30. The molecule has 0 spiro atoms. The first-order valence-electron chi connectivity index (χ1n) is 7.10. The molecule has 3 rings (SSSR count). The van der Waals surface area contributed by atoms with Gasteiger partial charge in [0.1, 0.15) is 0 Å². The summed E-state index contributed by atoms with van der Waals surface area (Å²) in [5, 5.41) is 7.22. The van der Waals surface area contributed by atoms with Gasteiger partial charge in [-0.1, -0.05) is 6.07 Å². The first-order valence-corrected chi connectivity index (χ1v) is 8.17. The highest BCUT2D eigenvalue weighted by Crippen LogP contribution is 2.20. The van der Waals surface area contributed by atoms with E-state index in [0.717, 1.165) is 20.5 Å². The lowest BCUT2D eigenvalue weighted by Gasteiger charge is -2.09. The molecule has 0 aliphatic carbocycles. The van der Waals surface area contributed by atoms with Crippen molar-refractivity contribution in [3.05, 3.63) is 69.2 Å². The van der Waals surface area contributed by atoms with E-state index in [2.05, 4.69) is 38.0 Å². The first kappa shape index (κ1) is 15.7. The molecule has 0 aliphatic heterocycles. The molecule has 0 bridgehead atoms. The minimum atomic E-state index is -0.172. The summed E-state index contributed by atoms with van der Waals surface area (Å²) in [4.78, 5) is 16.8. The molecule has 23 heavy (non-hydrogen) atoms. The van der Waals surface area contributed by atoms with Gasteiger partial charge in [-0.25, -0.2) is 9.67 Å². The molecular formula is C17H15IN4O. The first-order chi connectivity index (χ1) is 11.1. The molecule has 0 atom stereocenters. The smallest absolute Gasteiger partial charge is 0.259 e. The molecule has 5 nitrogen and oxygen atoms in total. The maximum Gasteiger partial charge on any atom is 0.259 e. The number of anilines is 1. The van der Waals surface area contributed by atoms with Crippen molar-refractivity contribution in [1.29, 1.82) is 0 Å².